The van der Waals surface area contributed by atoms with Crippen molar-refractivity contribution in [1.29, 1.82) is 0 Å². The van der Waals surface area contributed by atoms with Crippen LogP contribution < -0.4 is 15.4 Å². The van der Waals surface area contributed by atoms with E-state index >= 15 is 0 Å². The van der Waals surface area contributed by atoms with Gasteiger partial charge < -0.3 is 14.6 Å². The number of hydrogen-bond acceptors (Lipinski definition) is 6. The Morgan fingerprint density at radius 3 is 2.54 bits per heavy atom. The van der Waals surface area contributed by atoms with Gasteiger partial charge in [-0.15, -0.1) is 10.2 Å². The number of nitrogens with zero attached hydrogens (tertiary/aromatic N) is 3. The van der Waals surface area contributed by atoms with E-state index in [4.69, 9.17) is 4.74 Å². The van der Waals surface area contributed by atoms with Gasteiger partial charge in [0.2, 0.25) is 5.91 Å². The molecule has 0 fully saturated rings. The molecule has 0 bridgehead atoms. The Bertz CT molecular complexity index is 776. The van der Waals surface area contributed by atoms with Crippen molar-refractivity contribution in [3.8, 4) is 17.1 Å². The zero-order valence-corrected chi connectivity index (χ0v) is 17.3. The number of aromatic nitrogens is 3. The van der Waals surface area contributed by atoms with Crippen molar-refractivity contribution in [2.45, 2.75) is 44.8 Å². The number of methoxy groups -OCH3 is 1. The van der Waals surface area contributed by atoms with Crippen LogP contribution in [-0.2, 0) is 11.3 Å². The van der Waals surface area contributed by atoms with Gasteiger partial charge in [0, 0.05) is 18.7 Å². The average Bonchev–Trinajstić information content (AvgIpc) is 3.11. The monoisotopic (exact) mass is 405 g/mol. The number of carbonyl (C=O) groups is 2. The Balaban J connectivity index is 2.07. The van der Waals surface area contributed by atoms with E-state index in [0.29, 0.717) is 11.7 Å². The second-order valence-electron chi connectivity index (χ2n) is 6.13. The zero-order chi connectivity index (χ0) is 20.4. The van der Waals surface area contributed by atoms with Crippen LogP contribution in [0, 0.1) is 0 Å². The lowest BCUT2D eigenvalue weighted by atomic mass is 10.2. The largest absolute Gasteiger partial charge is 0.497 e. The molecular weight excluding hydrogens is 378 g/mol. The van der Waals surface area contributed by atoms with E-state index in [2.05, 4.69) is 27.8 Å². The Labute approximate surface area is 169 Å². The normalized spacial score (nSPS) is 10.5. The highest BCUT2D eigenvalue weighted by atomic mass is 32.2. The molecule has 3 amide bonds. The van der Waals surface area contributed by atoms with Crippen molar-refractivity contribution >= 4 is 23.7 Å². The second-order valence-corrected chi connectivity index (χ2v) is 7.08. The molecule has 0 saturated carbocycles. The van der Waals surface area contributed by atoms with E-state index in [1.165, 1.54) is 11.8 Å². The molecule has 2 aromatic rings. The van der Waals surface area contributed by atoms with Crippen LogP contribution in [0.25, 0.3) is 11.4 Å². The molecule has 0 aliphatic rings. The number of ether oxygens (including phenoxy) is 1. The quantitative estimate of drug-likeness (QED) is 0.590. The van der Waals surface area contributed by atoms with Crippen LogP contribution >= 0.6 is 11.8 Å². The maximum absolute atomic E-state index is 12.0. The van der Waals surface area contributed by atoms with Crippen LogP contribution in [-0.4, -0.2) is 46.1 Å². The van der Waals surface area contributed by atoms with E-state index in [-0.39, 0.29) is 11.7 Å². The topological polar surface area (TPSA) is 98.1 Å². The first kappa shape index (κ1) is 21.7. The zero-order valence-electron chi connectivity index (χ0n) is 16.5. The molecule has 1 aromatic carbocycles. The summed E-state index contributed by atoms with van der Waals surface area (Å²) in [6.45, 7) is 5.35. The van der Waals surface area contributed by atoms with Gasteiger partial charge in [-0.2, -0.15) is 0 Å². The smallest absolute Gasteiger partial charge is 0.321 e. The molecule has 152 valence electrons. The molecular formula is C19H27N5O3S. The third kappa shape index (κ3) is 6.26. The number of carbonyl (C=O) groups excluding carboxylic acids is 2. The summed E-state index contributed by atoms with van der Waals surface area (Å²) >= 11 is 1.27. The highest BCUT2D eigenvalue weighted by Crippen LogP contribution is 2.26. The van der Waals surface area contributed by atoms with Crippen LogP contribution in [0.2, 0.25) is 0 Å². The predicted octanol–water partition coefficient (Wildman–Crippen LogP) is 3.08. The van der Waals surface area contributed by atoms with Gasteiger partial charge in [-0.1, -0.05) is 32.0 Å². The molecule has 0 radical (unpaired) electrons. The number of thioether (sulfide) groups is 1. The standard InChI is InChI=1S/C19H27N5O3S/c1-4-6-12-24-17(14-7-9-15(27-3)10-8-14)22-23-19(24)28-13-16(25)21-18(26)20-11-5-2/h7-10H,4-6,11-13H2,1-3H3,(H2,20,21,25,26). The molecule has 0 spiro atoms. The lowest BCUT2D eigenvalue weighted by molar-refractivity contribution is -0.117. The molecule has 9 heteroatoms. The van der Waals surface area contributed by atoms with E-state index in [1.807, 2.05) is 35.8 Å². The van der Waals surface area contributed by atoms with Gasteiger partial charge in [0.15, 0.2) is 11.0 Å². The van der Waals surface area contributed by atoms with Crippen molar-refractivity contribution in [2.75, 3.05) is 19.4 Å². The van der Waals surface area contributed by atoms with Crippen LogP contribution in [0.3, 0.4) is 0 Å². The second kappa shape index (κ2) is 11.3. The first-order valence-electron chi connectivity index (χ1n) is 9.37. The lowest BCUT2D eigenvalue weighted by Crippen LogP contribution is -2.40. The van der Waals surface area contributed by atoms with E-state index < -0.39 is 6.03 Å². The number of amides is 3. The van der Waals surface area contributed by atoms with Gasteiger partial charge in [-0.05, 0) is 37.1 Å². The van der Waals surface area contributed by atoms with Gasteiger partial charge in [0.1, 0.15) is 5.75 Å². The van der Waals surface area contributed by atoms with Crippen LogP contribution in [0.4, 0.5) is 4.79 Å². The van der Waals surface area contributed by atoms with Crippen LogP contribution in [0.5, 0.6) is 5.75 Å². The summed E-state index contributed by atoms with van der Waals surface area (Å²) in [5, 5.41) is 14.2. The number of imide groups is 1. The van der Waals surface area contributed by atoms with Crippen LogP contribution in [0.1, 0.15) is 33.1 Å². The molecule has 0 saturated heterocycles. The minimum atomic E-state index is -0.473. The number of urea groups is 1. The molecule has 0 atom stereocenters. The highest BCUT2D eigenvalue weighted by molar-refractivity contribution is 7.99. The van der Waals surface area contributed by atoms with Gasteiger partial charge in [0.25, 0.3) is 0 Å². The Kier molecular flexibility index (Phi) is 8.80. The van der Waals surface area contributed by atoms with Crippen molar-refractivity contribution in [1.82, 2.24) is 25.4 Å². The highest BCUT2D eigenvalue weighted by Gasteiger charge is 2.16. The molecule has 2 N–H and O–H groups in total. The maximum Gasteiger partial charge on any atom is 0.321 e. The van der Waals surface area contributed by atoms with Gasteiger partial charge in [0.05, 0.1) is 12.9 Å². The third-order valence-corrected chi connectivity index (χ3v) is 4.89. The average molecular weight is 406 g/mol. The van der Waals surface area contributed by atoms with Gasteiger partial charge in [-0.25, -0.2) is 4.79 Å². The number of hydrogen-bond donors (Lipinski definition) is 2. The summed E-state index contributed by atoms with van der Waals surface area (Å²) in [6, 6.07) is 7.15. The van der Waals surface area contributed by atoms with Crippen molar-refractivity contribution in [3.05, 3.63) is 24.3 Å². The van der Waals surface area contributed by atoms with Crippen molar-refractivity contribution in [3.63, 3.8) is 0 Å². The van der Waals surface area contributed by atoms with Crippen molar-refractivity contribution < 1.29 is 14.3 Å². The fourth-order valence-electron chi connectivity index (χ4n) is 2.44. The Morgan fingerprint density at radius 1 is 1.14 bits per heavy atom. The van der Waals surface area contributed by atoms with E-state index in [1.54, 1.807) is 7.11 Å². The summed E-state index contributed by atoms with van der Waals surface area (Å²) in [4.78, 5) is 23.6. The van der Waals surface area contributed by atoms with Crippen LogP contribution in [0.15, 0.2) is 29.4 Å². The third-order valence-electron chi connectivity index (χ3n) is 3.92. The van der Waals surface area contributed by atoms with Gasteiger partial charge in [-0.3, -0.25) is 10.1 Å². The first-order valence-corrected chi connectivity index (χ1v) is 10.4. The summed E-state index contributed by atoms with van der Waals surface area (Å²) in [5.41, 5.74) is 0.930. The molecule has 0 unspecified atom stereocenters. The maximum atomic E-state index is 12.0. The summed E-state index contributed by atoms with van der Waals surface area (Å²) in [5.74, 6) is 1.25. The number of nitrogens with one attached hydrogen (secondary N) is 2. The Morgan fingerprint density at radius 2 is 1.89 bits per heavy atom. The number of unbranched alkanes of at least 4 members (excludes halogenated alkanes) is 1. The molecule has 1 aromatic heterocycles. The fraction of sp³-hybridized carbons (Fsp3) is 0.474. The van der Waals surface area contributed by atoms with E-state index in [0.717, 1.165) is 42.9 Å². The summed E-state index contributed by atoms with van der Waals surface area (Å²) in [6.07, 6.45) is 2.81. The minimum Gasteiger partial charge on any atom is -0.497 e. The predicted molar refractivity (Wildman–Crippen MR) is 109 cm³/mol. The molecule has 28 heavy (non-hydrogen) atoms. The fourth-order valence-corrected chi connectivity index (χ4v) is 3.21. The van der Waals surface area contributed by atoms with E-state index in [9.17, 15) is 9.59 Å². The molecule has 0 aliphatic heterocycles. The summed E-state index contributed by atoms with van der Waals surface area (Å²) < 4.78 is 7.22. The van der Waals surface area contributed by atoms with Gasteiger partial charge >= 0.3 is 6.03 Å². The number of benzene rings is 1. The molecule has 2 rings (SSSR count). The lowest BCUT2D eigenvalue weighted by Gasteiger charge is -2.10. The van der Waals surface area contributed by atoms with Crippen molar-refractivity contribution in [2.24, 2.45) is 0 Å². The molecule has 8 nitrogen and oxygen atoms in total. The molecule has 0 aliphatic carbocycles. The number of rotatable bonds is 10. The summed E-state index contributed by atoms with van der Waals surface area (Å²) in [7, 11) is 1.63. The first-order chi connectivity index (χ1) is 13.6. The molecule has 1 heterocycles. The Hall–Kier alpha value is -2.55. The SMILES string of the molecule is CCCCn1c(SCC(=O)NC(=O)NCCC)nnc1-c1ccc(OC)cc1. The minimum absolute atomic E-state index is 0.0897.